The Morgan fingerprint density at radius 3 is 2.93 bits per heavy atom. The summed E-state index contributed by atoms with van der Waals surface area (Å²) < 4.78 is 1.94. The van der Waals surface area contributed by atoms with Crippen molar-refractivity contribution in [2.24, 2.45) is 12.8 Å². The molecule has 1 atom stereocenters. The Bertz CT molecular complexity index is 298. The van der Waals surface area contributed by atoms with E-state index in [1.54, 1.807) is 0 Å². The van der Waals surface area contributed by atoms with E-state index in [1.165, 1.54) is 17.8 Å². The van der Waals surface area contributed by atoms with Crippen molar-refractivity contribution >= 4 is 5.82 Å². The maximum Gasteiger partial charge on any atom is 0.129 e. The van der Waals surface area contributed by atoms with Gasteiger partial charge in [0, 0.05) is 31.7 Å². The predicted molar refractivity (Wildman–Crippen MR) is 57.4 cm³/mol. The number of aromatic nitrogens is 2. The molecule has 1 saturated heterocycles. The van der Waals surface area contributed by atoms with Gasteiger partial charge in [0.2, 0.25) is 0 Å². The van der Waals surface area contributed by atoms with E-state index in [4.69, 9.17) is 5.73 Å². The molecule has 0 unspecified atom stereocenters. The van der Waals surface area contributed by atoms with Gasteiger partial charge < -0.3 is 10.6 Å². The molecule has 0 amide bonds. The van der Waals surface area contributed by atoms with Crippen LogP contribution < -0.4 is 10.6 Å². The van der Waals surface area contributed by atoms with E-state index in [2.05, 4.69) is 16.9 Å². The summed E-state index contributed by atoms with van der Waals surface area (Å²) >= 11 is 0. The first-order valence-electron chi connectivity index (χ1n) is 5.17. The van der Waals surface area contributed by atoms with Crippen molar-refractivity contribution in [3.8, 4) is 0 Å². The molecule has 1 aliphatic rings. The first-order chi connectivity index (χ1) is 6.68. The quantitative estimate of drug-likeness (QED) is 0.714. The number of nitrogens with zero attached hydrogens (tertiary/aromatic N) is 3. The van der Waals surface area contributed by atoms with Gasteiger partial charge in [-0.05, 0) is 19.8 Å². The van der Waals surface area contributed by atoms with Crippen LogP contribution in [0.2, 0.25) is 0 Å². The molecule has 0 spiro atoms. The van der Waals surface area contributed by atoms with Gasteiger partial charge in [-0.2, -0.15) is 5.10 Å². The minimum Gasteiger partial charge on any atom is -0.355 e. The molecule has 4 heteroatoms. The third-order valence-corrected chi connectivity index (χ3v) is 2.84. The van der Waals surface area contributed by atoms with Crippen molar-refractivity contribution in [3.05, 3.63) is 11.8 Å². The van der Waals surface area contributed by atoms with Crippen molar-refractivity contribution < 1.29 is 0 Å². The molecule has 0 bridgehead atoms. The van der Waals surface area contributed by atoms with E-state index in [0.29, 0.717) is 6.04 Å². The number of hydrogen-bond acceptors (Lipinski definition) is 3. The van der Waals surface area contributed by atoms with Crippen LogP contribution in [0.15, 0.2) is 6.20 Å². The Morgan fingerprint density at radius 2 is 2.36 bits per heavy atom. The van der Waals surface area contributed by atoms with Crippen LogP contribution >= 0.6 is 0 Å². The lowest BCUT2D eigenvalue weighted by atomic mass is 10.1. The highest BCUT2D eigenvalue weighted by Gasteiger charge is 2.20. The molecule has 1 fully saturated rings. The normalized spacial score (nSPS) is 22.8. The Hall–Kier alpha value is -1.03. The van der Waals surface area contributed by atoms with Crippen LogP contribution in [0.4, 0.5) is 5.82 Å². The third kappa shape index (κ3) is 1.62. The monoisotopic (exact) mass is 194 g/mol. The Labute approximate surface area is 84.7 Å². The lowest BCUT2D eigenvalue weighted by Gasteiger charge is -2.32. The van der Waals surface area contributed by atoms with E-state index >= 15 is 0 Å². The molecule has 0 aliphatic carbocycles. The second-order valence-electron chi connectivity index (χ2n) is 4.12. The van der Waals surface area contributed by atoms with Gasteiger partial charge in [-0.25, -0.2) is 0 Å². The van der Waals surface area contributed by atoms with E-state index < -0.39 is 0 Å². The summed E-state index contributed by atoms with van der Waals surface area (Å²) in [6.45, 7) is 4.16. The summed E-state index contributed by atoms with van der Waals surface area (Å²) in [6, 6.07) is 0.318. The summed E-state index contributed by atoms with van der Waals surface area (Å²) in [5.74, 6) is 1.22. The fourth-order valence-electron chi connectivity index (χ4n) is 2.20. The molecule has 4 nitrogen and oxygen atoms in total. The minimum atomic E-state index is 0.318. The lowest BCUT2D eigenvalue weighted by Crippen LogP contribution is -2.43. The summed E-state index contributed by atoms with van der Waals surface area (Å²) in [4.78, 5) is 2.34. The second-order valence-corrected chi connectivity index (χ2v) is 4.12. The molecule has 14 heavy (non-hydrogen) atoms. The standard InChI is InChI=1S/C10H18N4/c1-8-6-12-13(2)10(8)14-5-3-4-9(11)7-14/h6,9H,3-5,7,11H2,1-2H3/t9-/m0/s1. The first-order valence-corrected chi connectivity index (χ1v) is 5.17. The number of piperidine rings is 1. The lowest BCUT2D eigenvalue weighted by molar-refractivity contribution is 0.496. The fourth-order valence-corrected chi connectivity index (χ4v) is 2.20. The topological polar surface area (TPSA) is 47.1 Å². The highest BCUT2D eigenvalue weighted by atomic mass is 15.4. The highest BCUT2D eigenvalue weighted by Crippen LogP contribution is 2.22. The van der Waals surface area contributed by atoms with Crippen molar-refractivity contribution in [2.75, 3.05) is 18.0 Å². The van der Waals surface area contributed by atoms with E-state index in [-0.39, 0.29) is 0 Å². The van der Waals surface area contributed by atoms with Gasteiger partial charge in [0.15, 0.2) is 0 Å². The zero-order valence-corrected chi connectivity index (χ0v) is 8.90. The molecule has 2 rings (SSSR count). The van der Waals surface area contributed by atoms with Gasteiger partial charge in [0.1, 0.15) is 5.82 Å². The number of hydrogen-bond donors (Lipinski definition) is 1. The molecular formula is C10H18N4. The summed E-state index contributed by atoms with van der Waals surface area (Å²) in [7, 11) is 1.99. The van der Waals surface area contributed by atoms with Gasteiger partial charge in [-0.3, -0.25) is 4.68 Å². The second kappa shape index (κ2) is 3.61. The van der Waals surface area contributed by atoms with Crippen LogP contribution in [0.1, 0.15) is 18.4 Å². The third-order valence-electron chi connectivity index (χ3n) is 2.84. The zero-order valence-electron chi connectivity index (χ0n) is 8.90. The molecule has 0 saturated carbocycles. The van der Waals surface area contributed by atoms with Gasteiger partial charge >= 0.3 is 0 Å². The average molecular weight is 194 g/mol. The molecule has 1 aromatic heterocycles. The zero-order chi connectivity index (χ0) is 10.1. The molecule has 2 N–H and O–H groups in total. The Balaban J connectivity index is 2.21. The molecule has 1 aliphatic heterocycles. The molecule has 2 heterocycles. The van der Waals surface area contributed by atoms with E-state index in [1.807, 2.05) is 17.9 Å². The van der Waals surface area contributed by atoms with Crippen molar-refractivity contribution in [1.82, 2.24) is 9.78 Å². The van der Waals surface area contributed by atoms with Crippen LogP contribution in [0.25, 0.3) is 0 Å². The summed E-state index contributed by atoms with van der Waals surface area (Å²) in [5, 5.41) is 4.25. The maximum atomic E-state index is 5.96. The van der Waals surface area contributed by atoms with Crippen molar-refractivity contribution in [3.63, 3.8) is 0 Å². The Morgan fingerprint density at radius 1 is 1.57 bits per heavy atom. The molecule has 1 aromatic rings. The SMILES string of the molecule is Cc1cnn(C)c1N1CCC[C@H](N)C1. The Kier molecular flexibility index (Phi) is 2.46. The molecule has 78 valence electrons. The average Bonchev–Trinajstić information content (AvgIpc) is 2.46. The van der Waals surface area contributed by atoms with Crippen LogP contribution in [0.5, 0.6) is 0 Å². The molecule has 0 aromatic carbocycles. The van der Waals surface area contributed by atoms with Gasteiger partial charge in [-0.1, -0.05) is 0 Å². The van der Waals surface area contributed by atoms with Crippen molar-refractivity contribution in [2.45, 2.75) is 25.8 Å². The molecular weight excluding hydrogens is 176 g/mol. The van der Waals surface area contributed by atoms with Crippen LogP contribution in [0, 0.1) is 6.92 Å². The van der Waals surface area contributed by atoms with E-state index in [0.717, 1.165) is 19.5 Å². The number of aryl methyl sites for hydroxylation is 2. The fraction of sp³-hybridized carbons (Fsp3) is 0.700. The van der Waals surface area contributed by atoms with Crippen molar-refractivity contribution in [1.29, 1.82) is 0 Å². The van der Waals surface area contributed by atoms with E-state index in [9.17, 15) is 0 Å². The predicted octanol–water partition coefficient (Wildman–Crippen LogP) is 0.656. The molecule has 0 radical (unpaired) electrons. The van der Waals surface area contributed by atoms with Crippen LogP contribution in [-0.2, 0) is 7.05 Å². The van der Waals surface area contributed by atoms with Crippen LogP contribution in [-0.4, -0.2) is 28.9 Å². The smallest absolute Gasteiger partial charge is 0.129 e. The summed E-state index contributed by atoms with van der Waals surface area (Å²) in [6.07, 6.45) is 4.24. The number of rotatable bonds is 1. The van der Waals surface area contributed by atoms with Gasteiger partial charge in [0.05, 0.1) is 6.20 Å². The number of nitrogens with two attached hydrogens (primary N) is 1. The first kappa shape index (κ1) is 9.52. The highest BCUT2D eigenvalue weighted by molar-refractivity contribution is 5.46. The number of anilines is 1. The minimum absolute atomic E-state index is 0.318. The van der Waals surface area contributed by atoms with Gasteiger partial charge in [0.25, 0.3) is 0 Å². The van der Waals surface area contributed by atoms with Crippen LogP contribution in [0.3, 0.4) is 0 Å². The largest absolute Gasteiger partial charge is 0.355 e. The van der Waals surface area contributed by atoms with Gasteiger partial charge in [-0.15, -0.1) is 0 Å². The maximum absolute atomic E-state index is 5.96. The summed E-state index contributed by atoms with van der Waals surface area (Å²) in [5.41, 5.74) is 7.20.